The molecule has 0 bridgehead atoms. The van der Waals surface area contributed by atoms with Gasteiger partial charge in [-0.3, -0.25) is 14.4 Å². The van der Waals surface area contributed by atoms with Crippen molar-refractivity contribution in [2.75, 3.05) is 33.8 Å². The van der Waals surface area contributed by atoms with Gasteiger partial charge in [-0.25, -0.2) is 0 Å². The van der Waals surface area contributed by atoms with Gasteiger partial charge in [0, 0.05) is 33.1 Å². The van der Waals surface area contributed by atoms with Crippen molar-refractivity contribution >= 4 is 17.7 Å². The van der Waals surface area contributed by atoms with E-state index in [0.29, 0.717) is 19.6 Å². The molecule has 1 aromatic carbocycles. The molecule has 1 aliphatic rings. The highest BCUT2D eigenvalue weighted by Crippen LogP contribution is 2.23. The highest BCUT2D eigenvalue weighted by atomic mass is 16.5. The predicted molar refractivity (Wildman–Crippen MR) is 92.8 cm³/mol. The number of methoxy groups -OCH3 is 1. The lowest BCUT2D eigenvalue weighted by molar-refractivity contribution is -0.139. The van der Waals surface area contributed by atoms with Crippen LogP contribution in [0, 0.1) is 5.92 Å². The van der Waals surface area contributed by atoms with Gasteiger partial charge in [0.2, 0.25) is 17.7 Å². The molecule has 1 aliphatic heterocycles. The Hall–Kier alpha value is -2.57. The molecular formula is C18H25N3O4. The van der Waals surface area contributed by atoms with Crippen LogP contribution in [-0.4, -0.2) is 61.3 Å². The molecular weight excluding hydrogens is 322 g/mol. The number of benzene rings is 1. The van der Waals surface area contributed by atoms with Crippen molar-refractivity contribution in [3.05, 3.63) is 29.8 Å². The average Bonchev–Trinajstić information content (AvgIpc) is 3.00. The number of likely N-dealkylation sites (tertiary alicyclic amines) is 1. The van der Waals surface area contributed by atoms with Crippen molar-refractivity contribution in [2.45, 2.75) is 19.9 Å². The number of carbonyl (C=O) groups is 3. The quantitative estimate of drug-likeness (QED) is 0.785. The lowest BCUT2D eigenvalue weighted by Gasteiger charge is -2.23. The fourth-order valence-electron chi connectivity index (χ4n) is 2.90. The summed E-state index contributed by atoms with van der Waals surface area (Å²) in [4.78, 5) is 39.6. The molecule has 1 saturated heterocycles. The minimum Gasteiger partial charge on any atom is -0.497 e. The van der Waals surface area contributed by atoms with E-state index in [4.69, 9.17) is 4.74 Å². The van der Waals surface area contributed by atoms with Crippen molar-refractivity contribution in [1.82, 2.24) is 15.1 Å². The van der Waals surface area contributed by atoms with Crippen LogP contribution in [0.25, 0.3) is 0 Å². The summed E-state index contributed by atoms with van der Waals surface area (Å²) in [5.74, 6) is -0.0239. The van der Waals surface area contributed by atoms with E-state index in [2.05, 4.69) is 5.32 Å². The molecule has 0 saturated carbocycles. The van der Waals surface area contributed by atoms with Gasteiger partial charge in [-0.2, -0.15) is 0 Å². The summed E-state index contributed by atoms with van der Waals surface area (Å²) in [6.45, 7) is 3.14. The fraction of sp³-hybridized carbons (Fsp3) is 0.500. The Morgan fingerprint density at radius 2 is 2.00 bits per heavy atom. The number of hydrogen-bond donors (Lipinski definition) is 1. The minimum atomic E-state index is -0.393. The molecule has 3 amide bonds. The Kier molecular flexibility index (Phi) is 6.38. The molecule has 0 unspecified atom stereocenters. The second-order valence-electron chi connectivity index (χ2n) is 6.05. The molecule has 7 heteroatoms. The molecule has 2 rings (SSSR count). The van der Waals surface area contributed by atoms with E-state index in [1.165, 1.54) is 11.9 Å². The molecule has 1 aromatic rings. The number of amides is 3. The van der Waals surface area contributed by atoms with Gasteiger partial charge in [-0.15, -0.1) is 0 Å². The van der Waals surface area contributed by atoms with Crippen LogP contribution in [0.5, 0.6) is 5.75 Å². The third-order valence-corrected chi connectivity index (χ3v) is 4.40. The number of nitrogens with one attached hydrogen (secondary N) is 1. The molecule has 1 N–H and O–H groups in total. The number of nitrogens with zero attached hydrogens (tertiary/aromatic N) is 2. The normalized spacial score (nSPS) is 16.7. The van der Waals surface area contributed by atoms with Crippen LogP contribution in [0.4, 0.5) is 0 Å². The largest absolute Gasteiger partial charge is 0.497 e. The Morgan fingerprint density at radius 3 is 2.56 bits per heavy atom. The van der Waals surface area contributed by atoms with Gasteiger partial charge in [0.15, 0.2) is 0 Å². The van der Waals surface area contributed by atoms with Crippen LogP contribution in [0.1, 0.15) is 18.9 Å². The topological polar surface area (TPSA) is 79.0 Å². The molecule has 0 spiro atoms. The summed E-state index contributed by atoms with van der Waals surface area (Å²) >= 11 is 0. The van der Waals surface area contributed by atoms with Crippen molar-refractivity contribution in [3.63, 3.8) is 0 Å². The van der Waals surface area contributed by atoms with Crippen molar-refractivity contribution in [3.8, 4) is 5.75 Å². The van der Waals surface area contributed by atoms with Gasteiger partial charge in [0.25, 0.3) is 0 Å². The zero-order chi connectivity index (χ0) is 18.4. The second kappa shape index (κ2) is 8.50. The average molecular weight is 347 g/mol. The molecule has 136 valence electrons. The zero-order valence-corrected chi connectivity index (χ0v) is 14.9. The number of likely N-dealkylation sites (N-methyl/N-ethyl adjacent to an activating group) is 2. The maximum absolute atomic E-state index is 12.6. The van der Waals surface area contributed by atoms with Gasteiger partial charge in [0.05, 0.1) is 19.6 Å². The summed E-state index contributed by atoms with van der Waals surface area (Å²) in [5.41, 5.74) is 0.986. The first-order chi connectivity index (χ1) is 12.0. The monoisotopic (exact) mass is 347 g/mol. The third kappa shape index (κ3) is 4.71. The van der Waals surface area contributed by atoms with Crippen LogP contribution in [0.2, 0.25) is 0 Å². The van der Waals surface area contributed by atoms with Gasteiger partial charge in [-0.05, 0) is 24.6 Å². The van der Waals surface area contributed by atoms with E-state index >= 15 is 0 Å². The van der Waals surface area contributed by atoms with Crippen LogP contribution >= 0.6 is 0 Å². The minimum absolute atomic E-state index is 0.0228. The van der Waals surface area contributed by atoms with E-state index in [1.54, 1.807) is 12.0 Å². The van der Waals surface area contributed by atoms with E-state index < -0.39 is 5.92 Å². The highest BCUT2D eigenvalue weighted by molar-refractivity contribution is 5.91. The summed E-state index contributed by atoms with van der Waals surface area (Å²) in [5, 5.41) is 2.51. The second-order valence-corrected chi connectivity index (χ2v) is 6.05. The predicted octanol–water partition coefficient (Wildman–Crippen LogP) is 0.638. The Bertz CT molecular complexity index is 630. The van der Waals surface area contributed by atoms with Crippen LogP contribution in [-0.2, 0) is 20.9 Å². The number of rotatable bonds is 7. The van der Waals surface area contributed by atoms with Crippen molar-refractivity contribution in [2.24, 2.45) is 5.92 Å². The lowest BCUT2D eigenvalue weighted by atomic mass is 10.1. The van der Waals surface area contributed by atoms with Crippen LogP contribution in [0.3, 0.4) is 0 Å². The maximum atomic E-state index is 12.6. The molecule has 0 aliphatic carbocycles. The molecule has 1 heterocycles. The Morgan fingerprint density at radius 1 is 1.32 bits per heavy atom. The number of ether oxygens (including phenoxy) is 1. The Balaban J connectivity index is 1.98. The zero-order valence-electron chi connectivity index (χ0n) is 14.9. The Labute approximate surface area is 147 Å². The van der Waals surface area contributed by atoms with E-state index in [9.17, 15) is 14.4 Å². The standard InChI is InChI=1S/C18H25N3O4/c1-4-20(12-16(22)19-2)18(24)14-9-17(23)21(11-14)10-13-5-7-15(25-3)8-6-13/h5-8,14H,4,9-12H2,1-3H3,(H,19,22)/t14-/m1/s1. The third-order valence-electron chi connectivity index (χ3n) is 4.40. The van der Waals surface area contributed by atoms with Gasteiger partial charge < -0.3 is 19.9 Å². The van der Waals surface area contributed by atoms with E-state index in [0.717, 1.165) is 11.3 Å². The van der Waals surface area contributed by atoms with Gasteiger partial charge in [0.1, 0.15) is 5.75 Å². The van der Waals surface area contributed by atoms with Gasteiger partial charge in [-0.1, -0.05) is 12.1 Å². The maximum Gasteiger partial charge on any atom is 0.239 e. The van der Waals surface area contributed by atoms with Crippen LogP contribution in [0.15, 0.2) is 24.3 Å². The first-order valence-electron chi connectivity index (χ1n) is 8.38. The first kappa shape index (κ1) is 18.8. The molecule has 25 heavy (non-hydrogen) atoms. The fourth-order valence-corrected chi connectivity index (χ4v) is 2.90. The summed E-state index contributed by atoms with van der Waals surface area (Å²) in [6, 6.07) is 7.51. The van der Waals surface area contributed by atoms with E-state index in [1.807, 2.05) is 31.2 Å². The van der Waals surface area contributed by atoms with E-state index in [-0.39, 0.29) is 30.7 Å². The number of hydrogen-bond acceptors (Lipinski definition) is 4. The van der Waals surface area contributed by atoms with Crippen molar-refractivity contribution < 1.29 is 19.1 Å². The SMILES string of the molecule is CCN(CC(=O)NC)C(=O)[C@@H]1CC(=O)N(Cc2ccc(OC)cc2)C1. The molecule has 7 nitrogen and oxygen atoms in total. The molecule has 1 atom stereocenters. The molecule has 0 radical (unpaired) electrons. The van der Waals surface area contributed by atoms with Crippen LogP contribution < -0.4 is 10.1 Å². The molecule has 0 aromatic heterocycles. The highest BCUT2D eigenvalue weighted by Gasteiger charge is 2.36. The smallest absolute Gasteiger partial charge is 0.239 e. The summed E-state index contributed by atoms with van der Waals surface area (Å²) < 4.78 is 5.13. The summed E-state index contributed by atoms with van der Waals surface area (Å²) in [6.07, 6.45) is 0.194. The van der Waals surface area contributed by atoms with Gasteiger partial charge >= 0.3 is 0 Å². The summed E-state index contributed by atoms with van der Waals surface area (Å²) in [7, 11) is 3.14. The molecule has 1 fully saturated rings. The first-order valence-corrected chi connectivity index (χ1v) is 8.38. The lowest BCUT2D eigenvalue weighted by Crippen LogP contribution is -2.43. The van der Waals surface area contributed by atoms with Crippen molar-refractivity contribution in [1.29, 1.82) is 0 Å². The number of carbonyl (C=O) groups excluding carboxylic acids is 3.